The predicted octanol–water partition coefficient (Wildman–Crippen LogP) is 2.46. The molecule has 0 saturated heterocycles. The minimum Gasteiger partial charge on any atom is -0.394 e. The second-order valence-electron chi connectivity index (χ2n) is 0.898. The third-order valence-corrected chi connectivity index (χ3v) is 5.36. The Balaban J connectivity index is 3.05. The Morgan fingerprint density at radius 1 is 1.83 bits per heavy atom. The number of nitrogens with two attached hydrogens (primary N) is 1. The first-order valence-electron chi connectivity index (χ1n) is 1.51. The molecule has 1 atom stereocenters. The summed E-state index contributed by atoms with van der Waals surface area (Å²) in [4.78, 5) is 0. The molecular formula is C2H4NP3. The molecule has 6 heavy (non-hydrogen) atoms. The van der Waals surface area contributed by atoms with Crippen LogP contribution in [0.4, 0.5) is 5.42 Å². The van der Waals surface area contributed by atoms with Gasteiger partial charge in [-0.15, -0.1) is 7.87 Å². The zero-order chi connectivity index (χ0) is 4.41. The normalized spacial score (nSPS) is 12.7. The van der Waals surface area contributed by atoms with Crippen LogP contribution in [0.2, 0.25) is 0 Å². The Labute approximate surface area is 41.0 Å². The van der Waals surface area contributed by atoms with Crippen molar-refractivity contribution in [1.29, 1.82) is 0 Å². The summed E-state index contributed by atoms with van der Waals surface area (Å²) < 4.78 is 0. The van der Waals surface area contributed by atoms with Gasteiger partial charge in [-0.2, -0.15) is 0 Å². The van der Waals surface area contributed by atoms with Gasteiger partial charge in [0.15, 0.2) is 0 Å². The molecule has 1 rings (SSSR count). The number of nitrogen functional groups attached to an aromatic ring is 1. The zero-order valence-electron chi connectivity index (χ0n) is 3.05. The average molecular weight is 135 g/mol. The minimum absolute atomic E-state index is 0.962. The molecule has 1 heterocycles. The highest BCUT2D eigenvalue weighted by Gasteiger charge is 1.75. The lowest BCUT2D eigenvalue weighted by Crippen LogP contribution is -1.70. The fourth-order valence-corrected chi connectivity index (χ4v) is 5.01. The van der Waals surface area contributed by atoms with E-state index in [2.05, 4.69) is 5.80 Å². The molecule has 0 radical (unpaired) electrons. The van der Waals surface area contributed by atoms with Crippen LogP contribution >= 0.6 is 23.3 Å². The maximum atomic E-state index is 5.38. The highest BCUT2D eigenvalue weighted by atomic mass is 32.1. The molecule has 0 amide bonds. The molecule has 0 fully saturated rings. The molecular weight excluding hydrogens is 131 g/mol. The van der Waals surface area contributed by atoms with E-state index in [0.717, 1.165) is 13.3 Å². The molecule has 0 spiro atoms. The molecule has 2 N–H and O–H groups in total. The van der Waals surface area contributed by atoms with Gasteiger partial charge < -0.3 is 5.73 Å². The Kier molecular flexibility index (Phi) is 1.48. The summed E-state index contributed by atoms with van der Waals surface area (Å²) in [5.41, 5.74) is 6.43. The maximum Gasteiger partial charge on any atom is 0.0681 e. The van der Waals surface area contributed by atoms with Gasteiger partial charge in [0.25, 0.3) is 0 Å². The SMILES string of the molecule is Nc1c[pH]pp1. The van der Waals surface area contributed by atoms with E-state index in [-0.39, 0.29) is 0 Å². The van der Waals surface area contributed by atoms with E-state index in [4.69, 9.17) is 5.73 Å². The quantitative estimate of drug-likeness (QED) is 0.580. The highest BCUT2D eigenvalue weighted by molar-refractivity contribution is 8.17. The molecule has 4 heteroatoms. The van der Waals surface area contributed by atoms with Crippen molar-refractivity contribution in [3.05, 3.63) is 5.80 Å². The summed E-state index contributed by atoms with van der Waals surface area (Å²) >= 11 is 0. The Hall–Kier alpha value is 0.440. The van der Waals surface area contributed by atoms with Crippen molar-refractivity contribution in [3.63, 3.8) is 0 Å². The van der Waals surface area contributed by atoms with Crippen molar-refractivity contribution in [1.82, 2.24) is 0 Å². The maximum absolute atomic E-state index is 5.38. The largest absolute Gasteiger partial charge is 0.394 e. The standard InChI is InChI=1S/C2H4NP3/c3-2-1-4-6-5-2/h1,4H,3H2. The lowest BCUT2D eigenvalue weighted by molar-refractivity contribution is 2.06. The van der Waals surface area contributed by atoms with Crippen molar-refractivity contribution >= 4 is 28.7 Å². The number of rotatable bonds is 0. The van der Waals surface area contributed by atoms with Gasteiger partial charge in [-0.3, -0.25) is 0 Å². The average Bonchev–Trinajstić information content (AvgIpc) is 1.86. The third-order valence-electron chi connectivity index (χ3n) is 0.436. The van der Waals surface area contributed by atoms with Gasteiger partial charge in [-0.05, 0) is 21.2 Å². The van der Waals surface area contributed by atoms with Gasteiger partial charge in [0, 0.05) is 0 Å². The molecule has 0 aliphatic carbocycles. The second kappa shape index (κ2) is 1.94. The van der Waals surface area contributed by atoms with Crippen LogP contribution in [0.15, 0.2) is 5.80 Å². The van der Waals surface area contributed by atoms with Crippen molar-refractivity contribution in [3.8, 4) is 0 Å². The van der Waals surface area contributed by atoms with Crippen LogP contribution in [0.3, 0.4) is 0 Å². The predicted molar refractivity (Wildman–Crippen MR) is 35.4 cm³/mol. The fourth-order valence-electron chi connectivity index (χ4n) is 0.210. The van der Waals surface area contributed by atoms with E-state index in [9.17, 15) is 0 Å². The highest BCUT2D eigenvalue weighted by Crippen LogP contribution is 2.37. The molecule has 1 aromatic heterocycles. The summed E-state index contributed by atoms with van der Waals surface area (Å²) in [5.74, 6) is 2.10. The Bertz CT molecular complexity index is 112. The van der Waals surface area contributed by atoms with E-state index in [1.165, 1.54) is 15.4 Å². The molecule has 0 saturated carbocycles. The first-order valence-corrected chi connectivity index (χ1v) is 5.93. The van der Waals surface area contributed by atoms with Gasteiger partial charge in [0.2, 0.25) is 0 Å². The molecule has 0 aliphatic heterocycles. The summed E-state index contributed by atoms with van der Waals surface area (Å²) in [5, 5.41) is 0. The number of hydrogen-bond donors (Lipinski definition) is 1. The summed E-state index contributed by atoms with van der Waals surface area (Å²) in [6.07, 6.45) is 0. The van der Waals surface area contributed by atoms with Gasteiger partial charge in [0.05, 0.1) is 5.42 Å². The molecule has 0 aliphatic rings. The van der Waals surface area contributed by atoms with Crippen LogP contribution in [0.25, 0.3) is 0 Å². The zero-order valence-corrected chi connectivity index (χ0v) is 5.84. The molecule has 1 unspecified atom stereocenters. The lowest BCUT2D eigenvalue weighted by atomic mass is 11.0. The Morgan fingerprint density at radius 3 is 2.83 bits per heavy atom. The Morgan fingerprint density at radius 2 is 2.67 bits per heavy atom. The van der Waals surface area contributed by atoms with E-state index in [1.807, 2.05) is 0 Å². The van der Waals surface area contributed by atoms with Crippen LogP contribution in [0.5, 0.6) is 0 Å². The smallest absolute Gasteiger partial charge is 0.0681 e. The second-order valence-corrected chi connectivity index (χ2v) is 6.14. The van der Waals surface area contributed by atoms with Gasteiger partial charge >= 0.3 is 0 Å². The monoisotopic (exact) mass is 135 g/mol. The minimum atomic E-state index is 0.962. The summed E-state index contributed by atoms with van der Waals surface area (Å²) in [6.45, 7) is 0. The van der Waals surface area contributed by atoms with Crippen LogP contribution in [-0.4, -0.2) is 0 Å². The van der Waals surface area contributed by atoms with E-state index in [0.29, 0.717) is 0 Å². The van der Waals surface area contributed by atoms with E-state index < -0.39 is 0 Å². The summed E-state index contributed by atoms with van der Waals surface area (Å²) in [6, 6.07) is 0. The lowest BCUT2D eigenvalue weighted by Gasteiger charge is -1.67. The van der Waals surface area contributed by atoms with Crippen LogP contribution < -0.4 is 5.73 Å². The van der Waals surface area contributed by atoms with Gasteiger partial charge in [-0.25, -0.2) is 0 Å². The van der Waals surface area contributed by atoms with Crippen molar-refractivity contribution in [2.75, 3.05) is 5.73 Å². The van der Waals surface area contributed by atoms with Crippen molar-refractivity contribution in [2.24, 2.45) is 0 Å². The number of hydrogen-bond acceptors (Lipinski definition) is 1. The van der Waals surface area contributed by atoms with E-state index in [1.54, 1.807) is 0 Å². The molecule has 32 valence electrons. The fraction of sp³-hybridized carbons (Fsp3) is 0. The first-order chi connectivity index (χ1) is 2.89. The van der Waals surface area contributed by atoms with Gasteiger partial charge in [-0.1, -0.05) is 0 Å². The molecule has 1 nitrogen and oxygen atoms in total. The van der Waals surface area contributed by atoms with Crippen molar-refractivity contribution in [2.45, 2.75) is 0 Å². The molecule has 0 aromatic carbocycles. The molecule has 0 bridgehead atoms. The van der Waals surface area contributed by atoms with E-state index >= 15 is 0 Å². The first kappa shape index (κ1) is 4.60. The topological polar surface area (TPSA) is 26.0 Å². The van der Waals surface area contributed by atoms with Crippen molar-refractivity contribution < 1.29 is 0 Å². The number of anilines is 1. The third kappa shape index (κ3) is 0.949. The van der Waals surface area contributed by atoms with Gasteiger partial charge in [0.1, 0.15) is 0 Å². The summed E-state index contributed by atoms with van der Waals surface area (Å²) in [7, 11) is 3.74. The molecule has 1 aromatic rings. The van der Waals surface area contributed by atoms with Crippen LogP contribution in [-0.2, 0) is 0 Å². The van der Waals surface area contributed by atoms with Crippen LogP contribution in [0.1, 0.15) is 0 Å². The van der Waals surface area contributed by atoms with Crippen LogP contribution in [0, 0.1) is 0 Å².